The number of nitrogens with zero attached hydrogens (tertiary/aromatic N) is 2. The van der Waals surface area contributed by atoms with Crippen molar-refractivity contribution in [3.63, 3.8) is 0 Å². The number of hydrogen-bond donors (Lipinski definition) is 1. The lowest BCUT2D eigenvalue weighted by Crippen LogP contribution is -2.36. The molecule has 2 rings (SSSR count). The number of amides is 1. The number of aryl methyl sites for hydroxylation is 1. The zero-order valence-corrected chi connectivity index (χ0v) is 15.2. The number of ether oxygens (including phenoxy) is 1. The number of hydrogen-bond acceptors (Lipinski definition) is 4. The number of anilines is 1. The molecule has 5 nitrogen and oxygen atoms in total. The van der Waals surface area contributed by atoms with Gasteiger partial charge in [-0.15, -0.1) is 0 Å². The highest BCUT2D eigenvalue weighted by molar-refractivity contribution is 9.10. The van der Waals surface area contributed by atoms with Crippen molar-refractivity contribution in [1.29, 1.82) is 0 Å². The summed E-state index contributed by atoms with van der Waals surface area (Å²) in [6, 6.07) is 4.06. The van der Waals surface area contributed by atoms with Gasteiger partial charge in [0, 0.05) is 24.1 Å². The topological polar surface area (TPSA) is 54.5 Å². The summed E-state index contributed by atoms with van der Waals surface area (Å²) in [7, 11) is 0. The maximum absolute atomic E-state index is 11.7. The first-order valence-electron chi connectivity index (χ1n) is 7.59. The van der Waals surface area contributed by atoms with E-state index in [1.165, 1.54) is 0 Å². The van der Waals surface area contributed by atoms with Crippen LogP contribution < -0.4 is 10.2 Å². The van der Waals surface area contributed by atoms with Crippen LogP contribution in [0.25, 0.3) is 0 Å². The fourth-order valence-electron chi connectivity index (χ4n) is 2.46. The Morgan fingerprint density at radius 1 is 1.50 bits per heavy atom. The maximum atomic E-state index is 11.7. The highest BCUT2D eigenvalue weighted by Crippen LogP contribution is 2.24. The van der Waals surface area contributed by atoms with Crippen LogP contribution in [0.4, 0.5) is 10.6 Å². The largest absolute Gasteiger partial charge is 0.444 e. The van der Waals surface area contributed by atoms with Gasteiger partial charge in [0.1, 0.15) is 11.4 Å². The van der Waals surface area contributed by atoms with Crippen LogP contribution in [0.3, 0.4) is 0 Å². The predicted molar refractivity (Wildman–Crippen MR) is 91.2 cm³/mol. The number of carbonyl (C=O) groups is 1. The predicted octanol–water partition coefficient (Wildman–Crippen LogP) is 3.50. The molecule has 2 heterocycles. The Kier molecular flexibility index (Phi) is 5.32. The average Bonchev–Trinajstić information content (AvgIpc) is 2.86. The summed E-state index contributed by atoms with van der Waals surface area (Å²) in [6.45, 7) is 10.1. The quantitative estimate of drug-likeness (QED) is 0.885. The first-order valence-corrected chi connectivity index (χ1v) is 8.39. The molecule has 122 valence electrons. The minimum absolute atomic E-state index is 0.344. The van der Waals surface area contributed by atoms with Gasteiger partial charge in [-0.05, 0) is 68.1 Å². The van der Waals surface area contributed by atoms with Gasteiger partial charge >= 0.3 is 6.09 Å². The van der Waals surface area contributed by atoms with E-state index in [1.54, 1.807) is 0 Å². The first kappa shape index (κ1) is 17.1. The molecule has 1 N–H and O–H groups in total. The van der Waals surface area contributed by atoms with Crippen molar-refractivity contribution in [1.82, 2.24) is 10.3 Å². The molecule has 0 aliphatic carbocycles. The van der Waals surface area contributed by atoms with Gasteiger partial charge in [-0.2, -0.15) is 0 Å². The van der Waals surface area contributed by atoms with Gasteiger partial charge in [-0.3, -0.25) is 0 Å². The Balaban J connectivity index is 1.83. The van der Waals surface area contributed by atoms with Gasteiger partial charge in [-0.25, -0.2) is 9.78 Å². The number of aromatic nitrogens is 1. The molecule has 1 atom stereocenters. The molecule has 22 heavy (non-hydrogen) atoms. The van der Waals surface area contributed by atoms with E-state index >= 15 is 0 Å². The van der Waals surface area contributed by atoms with E-state index in [0.717, 1.165) is 35.5 Å². The standard InChI is InChI=1S/C16H24BrN3O2/c1-11-13(17)5-6-14(19-11)20-8-7-12(10-20)9-18-15(21)22-16(2,3)4/h5-6,12H,7-10H2,1-4H3,(H,18,21). The summed E-state index contributed by atoms with van der Waals surface area (Å²) < 4.78 is 6.28. The Morgan fingerprint density at radius 2 is 2.23 bits per heavy atom. The molecule has 1 aliphatic heterocycles. The fraction of sp³-hybridized carbons (Fsp3) is 0.625. The van der Waals surface area contributed by atoms with E-state index in [9.17, 15) is 4.79 Å². The average molecular weight is 370 g/mol. The molecule has 0 bridgehead atoms. The number of pyridine rings is 1. The number of nitrogens with one attached hydrogen (secondary N) is 1. The molecule has 1 unspecified atom stereocenters. The lowest BCUT2D eigenvalue weighted by molar-refractivity contribution is 0.0520. The fourth-order valence-corrected chi connectivity index (χ4v) is 2.68. The van der Waals surface area contributed by atoms with Gasteiger partial charge in [0.25, 0.3) is 0 Å². The third-order valence-corrected chi connectivity index (χ3v) is 4.39. The molecule has 0 saturated carbocycles. The zero-order valence-electron chi connectivity index (χ0n) is 13.6. The van der Waals surface area contributed by atoms with Gasteiger partial charge in [0.15, 0.2) is 0 Å². The van der Waals surface area contributed by atoms with Crippen LogP contribution in [0.15, 0.2) is 16.6 Å². The molecule has 0 spiro atoms. The highest BCUT2D eigenvalue weighted by Gasteiger charge is 2.25. The molecular formula is C16H24BrN3O2. The Bertz CT molecular complexity index is 543. The van der Waals surface area contributed by atoms with Crippen molar-refractivity contribution in [3.05, 3.63) is 22.3 Å². The van der Waals surface area contributed by atoms with Crippen LogP contribution in [-0.4, -0.2) is 36.3 Å². The minimum atomic E-state index is -0.454. The second-order valence-corrected chi connectivity index (χ2v) is 7.57. The SMILES string of the molecule is Cc1nc(N2CCC(CNC(=O)OC(C)(C)C)C2)ccc1Br. The van der Waals surface area contributed by atoms with Crippen LogP contribution >= 0.6 is 15.9 Å². The normalized spacial score (nSPS) is 18.4. The molecule has 1 saturated heterocycles. The highest BCUT2D eigenvalue weighted by atomic mass is 79.9. The molecule has 1 aromatic heterocycles. The van der Waals surface area contributed by atoms with E-state index in [0.29, 0.717) is 12.5 Å². The monoisotopic (exact) mass is 369 g/mol. The lowest BCUT2D eigenvalue weighted by Gasteiger charge is -2.21. The number of carbonyl (C=O) groups excluding carboxylic acids is 1. The van der Waals surface area contributed by atoms with E-state index in [4.69, 9.17) is 4.74 Å². The van der Waals surface area contributed by atoms with Gasteiger partial charge in [0.2, 0.25) is 0 Å². The van der Waals surface area contributed by atoms with Crippen LogP contribution in [0.5, 0.6) is 0 Å². The van der Waals surface area contributed by atoms with Crippen molar-refractivity contribution in [2.45, 2.75) is 39.7 Å². The summed E-state index contributed by atoms with van der Waals surface area (Å²) in [5, 5.41) is 2.86. The second kappa shape index (κ2) is 6.86. The molecular weight excluding hydrogens is 346 g/mol. The minimum Gasteiger partial charge on any atom is -0.444 e. The van der Waals surface area contributed by atoms with Crippen LogP contribution in [0.1, 0.15) is 32.9 Å². The van der Waals surface area contributed by atoms with Gasteiger partial charge in [0.05, 0.1) is 5.69 Å². The van der Waals surface area contributed by atoms with E-state index in [2.05, 4.69) is 31.1 Å². The van der Waals surface area contributed by atoms with E-state index in [-0.39, 0.29) is 6.09 Å². The summed E-state index contributed by atoms with van der Waals surface area (Å²) >= 11 is 3.47. The van der Waals surface area contributed by atoms with Crippen LogP contribution in [-0.2, 0) is 4.74 Å². The number of rotatable bonds is 3. The third kappa shape index (κ3) is 4.87. The van der Waals surface area contributed by atoms with Crippen molar-refractivity contribution in [3.8, 4) is 0 Å². The van der Waals surface area contributed by atoms with Crippen molar-refractivity contribution in [2.24, 2.45) is 5.92 Å². The first-order chi connectivity index (χ1) is 10.2. The second-order valence-electron chi connectivity index (χ2n) is 6.72. The third-order valence-electron chi connectivity index (χ3n) is 3.55. The number of alkyl carbamates (subject to hydrolysis) is 1. The lowest BCUT2D eigenvalue weighted by atomic mass is 10.1. The van der Waals surface area contributed by atoms with Crippen LogP contribution in [0, 0.1) is 12.8 Å². The summed E-state index contributed by atoms with van der Waals surface area (Å²) in [5.74, 6) is 1.43. The smallest absolute Gasteiger partial charge is 0.407 e. The van der Waals surface area contributed by atoms with Crippen molar-refractivity contribution < 1.29 is 9.53 Å². The Morgan fingerprint density at radius 3 is 2.86 bits per heavy atom. The summed E-state index contributed by atoms with van der Waals surface area (Å²) in [6.07, 6.45) is 0.704. The Hall–Kier alpha value is -1.30. The van der Waals surface area contributed by atoms with Gasteiger partial charge < -0.3 is 15.0 Å². The van der Waals surface area contributed by atoms with Crippen molar-refractivity contribution >= 4 is 27.8 Å². The van der Waals surface area contributed by atoms with E-state index in [1.807, 2.05) is 39.8 Å². The summed E-state index contributed by atoms with van der Waals surface area (Å²) in [5.41, 5.74) is 0.540. The molecule has 6 heteroatoms. The molecule has 0 aromatic carbocycles. The Labute approximate surface area is 140 Å². The van der Waals surface area contributed by atoms with Crippen LogP contribution in [0.2, 0.25) is 0 Å². The van der Waals surface area contributed by atoms with E-state index < -0.39 is 5.60 Å². The molecule has 1 fully saturated rings. The zero-order chi connectivity index (χ0) is 16.3. The summed E-state index contributed by atoms with van der Waals surface area (Å²) in [4.78, 5) is 18.5. The molecule has 0 radical (unpaired) electrons. The molecule has 1 aliphatic rings. The van der Waals surface area contributed by atoms with Crippen molar-refractivity contribution in [2.75, 3.05) is 24.5 Å². The van der Waals surface area contributed by atoms with Gasteiger partial charge in [-0.1, -0.05) is 0 Å². The number of halogens is 1. The molecule has 1 aromatic rings. The molecule has 1 amide bonds. The maximum Gasteiger partial charge on any atom is 0.407 e.